The van der Waals surface area contributed by atoms with E-state index in [9.17, 15) is 9.59 Å². The zero-order valence-corrected chi connectivity index (χ0v) is 9.66. The summed E-state index contributed by atoms with van der Waals surface area (Å²) in [5, 5.41) is 8.75. The highest BCUT2D eigenvalue weighted by molar-refractivity contribution is 5.84. The first-order valence-corrected chi connectivity index (χ1v) is 5.85. The molecule has 0 bridgehead atoms. The van der Waals surface area contributed by atoms with Gasteiger partial charge in [0.15, 0.2) is 0 Å². The van der Waals surface area contributed by atoms with Crippen molar-refractivity contribution < 1.29 is 14.7 Å². The normalized spacial score (nSPS) is 23.9. The fourth-order valence-corrected chi connectivity index (χ4v) is 2.28. The molecule has 0 heterocycles. The molecule has 1 aliphatic rings. The quantitative estimate of drug-likeness (QED) is 0.742. The molecule has 88 valence electrons. The lowest BCUT2D eigenvalue weighted by Crippen LogP contribution is -2.17. The standard InChI is InChI=1S/C13H18O3/c1-2-3-4-5-6-11-10(9-13(15)16)7-8-12(11)14/h10-11H,2,5-9H2,1H3,(H,15,16). The molecule has 0 radical (unpaired) electrons. The van der Waals surface area contributed by atoms with Crippen LogP contribution in [-0.2, 0) is 9.59 Å². The summed E-state index contributed by atoms with van der Waals surface area (Å²) >= 11 is 0. The third-order valence-electron chi connectivity index (χ3n) is 3.06. The summed E-state index contributed by atoms with van der Waals surface area (Å²) in [6.45, 7) is 1.99. The number of aliphatic carboxylic acids is 1. The molecule has 1 aliphatic carbocycles. The van der Waals surface area contributed by atoms with Crippen molar-refractivity contribution in [2.24, 2.45) is 11.8 Å². The number of hydrogen-bond donors (Lipinski definition) is 1. The van der Waals surface area contributed by atoms with Gasteiger partial charge in [-0.05, 0) is 18.8 Å². The molecule has 1 rings (SSSR count). The number of carboxylic acid groups (broad SMARTS) is 1. The third-order valence-corrected chi connectivity index (χ3v) is 3.06. The van der Waals surface area contributed by atoms with E-state index in [0.717, 1.165) is 19.3 Å². The van der Waals surface area contributed by atoms with Gasteiger partial charge < -0.3 is 5.11 Å². The molecule has 0 saturated heterocycles. The fourth-order valence-electron chi connectivity index (χ4n) is 2.28. The summed E-state index contributed by atoms with van der Waals surface area (Å²) in [6.07, 6.45) is 3.67. The van der Waals surface area contributed by atoms with Crippen molar-refractivity contribution in [2.45, 2.75) is 45.4 Å². The molecule has 1 fully saturated rings. The maximum atomic E-state index is 11.6. The van der Waals surface area contributed by atoms with Gasteiger partial charge in [0, 0.05) is 31.6 Å². The zero-order valence-electron chi connectivity index (χ0n) is 9.66. The first-order valence-electron chi connectivity index (χ1n) is 5.85. The van der Waals surface area contributed by atoms with Crippen LogP contribution in [0.2, 0.25) is 0 Å². The largest absolute Gasteiger partial charge is 0.481 e. The summed E-state index contributed by atoms with van der Waals surface area (Å²) < 4.78 is 0. The van der Waals surface area contributed by atoms with Gasteiger partial charge in [0.2, 0.25) is 0 Å². The number of hydrogen-bond acceptors (Lipinski definition) is 2. The Morgan fingerprint density at radius 1 is 1.50 bits per heavy atom. The molecule has 0 spiro atoms. The van der Waals surface area contributed by atoms with Gasteiger partial charge in [-0.25, -0.2) is 0 Å². The zero-order chi connectivity index (χ0) is 12.0. The van der Waals surface area contributed by atoms with Gasteiger partial charge in [-0.1, -0.05) is 6.92 Å². The van der Waals surface area contributed by atoms with Gasteiger partial charge in [0.25, 0.3) is 0 Å². The maximum absolute atomic E-state index is 11.6. The first-order chi connectivity index (χ1) is 7.65. The van der Waals surface area contributed by atoms with Crippen molar-refractivity contribution in [2.75, 3.05) is 0 Å². The molecule has 1 N–H and O–H groups in total. The monoisotopic (exact) mass is 222 g/mol. The Morgan fingerprint density at radius 2 is 2.25 bits per heavy atom. The van der Waals surface area contributed by atoms with Crippen LogP contribution in [0.1, 0.15) is 45.4 Å². The SMILES string of the molecule is CCC#CCCC1C(=O)CCC1CC(=O)O. The van der Waals surface area contributed by atoms with Crippen LogP contribution in [0.3, 0.4) is 0 Å². The van der Waals surface area contributed by atoms with E-state index in [2.05, 4.69) is 11.8 Å². The van der Waals surface area contributed by atoms with Crippen molar-refractivity contribution in [1.82, 2.24) is 0 Å². The highest BCUT2D eigenvalue weighted by atomic mass is 16.4. The number of carbonyl (C=O) groups excluding carboxylic acids is 1. The molecule has 1 saturated carbocycles. The molecule has 0 amide bonds. The van der Waals surface area contributed by atoms with Gasteiger partial charge >= 0.3 is 5.97 Å². The molecule has 3 heteroatoms. The molecule has 2 unspecified atom stereocenters. The van der Waals surface area contributed by atoms with Crippen molar-refractivity contribution in [3.05, 3.63) is 0 Å². The second-order valence-electron chi connectivity index (χ2n) is 4.22. The van der Waals surface area contributed by atoms with Crippen molar-refractivity contribution in [3.8, 4) is 11.8 Å². The molecule has 3 nitrogen and oxygen atoms in total. The number of carbonyl (C=O) groups is 2. The predicted octanol–water partition coefficient (Wildman–Crippen LogP) is 2.25. The summed E-state index contributed by atoms with van der Waals surface area (Å²) in [5.74, 6) is 5.36. The average Bonchev–Trinajstić information content (AvgIpc) is 2.55. The highest BCUT2D eigenvalue weighted by Crippen LogP contribution is 2.34. The van der Waals surface area contributed by atoms with Crippen molar-refractivity contribution in [1.29, 1.82) is 0 Å². The molecule has 2 atom stereocenters. The van der Waals surface area contributed by atoms with Crippen LogP contribution < -0.4 is 0 Å². The van der Waals surface area contributed by atoms with E-state index < -0.39 is 5.97 Å². The lowest BCUT2D eigenvalue weighted by Gasteiger charge is -2.14. The van der Waals surface area contributed by atoms with E-state index >= 15 is 0 Å². The van der Waals surface area contributed by atoms with Crippen LogP contribution in [0.15, 0.2) is 0 Å². The Bertz CT molecular complexity index is 322. The molecular weight excluding hydrogens is 204 g/mol. The van der Waals surface area contributed by atoms with Crippen molar-refractivity contribution >= 4 is 11.8 Å². The fraction of sp³-hybridized carbons (Fsp3) is 0.692. The van der Waals surface area contributed by atoms with E-state index in [-0.39, 0.29) is 24.0 Å². The topological polar surface area (TPSA) is 54.4 Å². The Balaban J connectivity index is 2.46. The molecule has 0 aromatic heterocycles. The van der Waals surface area contributed by atoms with Crippen molar-refractivity contribution in [3.63, 3.8) is 0 Å². The number of ketones is 1. The Kier molecular flexibility index (Phi) is 5.04. The van der Waals surface area contributed by atoms with E-state index in [0.29, 0.717) is 12.8 Å². The maximum Gasteiger partial charge on any atom is 0.303 e. The Labute approximate surface area is 96.2 Å². The van der Waals surface area contributed by atoms with Crippen LogP contribution in [0, 0.1) is 23.7 Å². The second kappa shape index (κ2) is 6.32. The van der Waals surface area contributed by atoms with E-state index in [4.69, 9.17) is 5.11 Å². The molecule has 0 aromatic rings. The van der Waals surface area contributed by atoms with Crippen LogP contribution >= 0.6 is 0 Å². The average molecular weight is 222 g/mol. The van der Waals surface area contributed by atoms with Gasteiger partial charge in [-0.2, -0.15) is 0 Å². The van der Waals surface area contributed by atoms with E-state index in [1.807, 2.05) is 6.92 Å². The lowest BCUT2D eigenvalue weighted by atomic mass is 9.89. The van der Waals surface area contributed by atoms with Gasteiger partial charge in [-0.15, -0.1) is 11.8 Å². The van der Waals surface area contributed by atoms with Crippen LogP contribution in [0.4, 0.5) is 0 Å². The minimum absolute atomic E-state index is 0.0356. The number of Topliss-reactive ketones (excluding diaryl/α,β-unsaturated/α-hetero) is 1. The Hall–Kier alpha value is -1.30. The van der Waals surface area contributed by atoms with Crippen LogP contribution in [-0.4, -0.2) is 16.9 Å². The molecule has 16 heavy (non-hydrogen) atoms. The van der Waals surface area contributed by atoms with Crippen LogP contribution in [0.25, 0.3) is 0 Å². The lowest BCUT2D eigenvalue weighted by molar-refractivity contribution is -0.138. The molecule has 0 aliphatic heterocycles. The number of carboxylic acids is 1. The van der Waals surface area contributed by atoms with Gasteiger partial charge in [0.1, 0.15) is 5.78 Å². The minimum atomic E-state index is -0.802. The first kappa shape index (κ1) is 12.8. The molecular formula is C13H18O3. The van der Waals surface area contributed by atoms with Gasteiger partial charge in [0.05, 0.1) is 0 Å². The summed E-state index contributed by atoms with van der Waals surface area (Å²) in [6, 6.07) is 0. The van der Waals surface area contributed by atoms with Crippen LogP contribution in [0.5, 0.6) is 0 Å². The van der Waals surface area contributed by atoms with E-state index in [1.54, 1.807) is 0 Å². The smallest absolute Gasteiger partial charge is 0.303 e. The van der Waals surface area contributed by atoms with Gasteiger partial charge in [-0.3, -0.25) is 9.59 Å². The molecule has 0 aromatic carbocycles. The predicted molar refractivity (Wildman–Crippen MR) is 60.8 cm³/mol. The Morgan fingerprint density at radius 3 is 2.88 bits per heavy atom. The summed E-state index contributed by atoms with van der Waals surface area (Å²) in [4.78, 5) is 22.2. The highest BCUT2D eigenvalue weighted by Gasteiger charge is 2.34. The van der Waals surface area contributed by atoms with E-state index in [1.165, 1.54) is 0 Å². The third kappa shape index (κ3) is 3.69. The summed E-state index contributed by atoms with van der Waals surface area (Å²) in [7, 11) is 0. The summed E-state index contributed by atoms with van der Waals surface area (Å²) in [5.41, 5.74) is 0. The minimum Gasteiger partial charge on any atom is -0.481 e. The number of rotatable bonds is 4. The second-order valence-corrected chi connectivity index (χ2v) is 4.22.